The van der Waals surface area contributed by atoms with Crippen molar-refractivity contribution in [2.24, 2.45) is 0 Å². The summed E-state index contributed by atoms with van der Waals surface area (Å²) in [5, 5.41) is 9.60. The molecule has 0 radical (unpaired) electrons. The lowest BCUT2D eigenvalue weighted by molar-refractivity contribution is 0.301. The van der Waals surface area contributed by atoms with Crippen molar-refractivity contribution in [2.75, 3.05) is 0 Å². The third-order valence-corrected chi connectivity index (χ3v) is 2.92. The molecule has 4 heteroatoms. The van der Waals surface area contributed by atoms with E-state index in [4.69, 9.17) is 16.3 Å². The second-order valence-electron chi connectivity index (χ2n) is 3.94. The van der Waals surface area contributed by atoms with Crippen LogP contribution in [0, 0.1) is 12.7 Å². The number of phenolic OH excluding ortho intramolecular Hbond substituents is 1. The van der Waals surface area contributed by atoms with Gasteiger partial charge in [-0.15, -0.1) is 0 Å². The van der Waals surface area contributed by atoms with Crippen molar-refractivity contribution in [3.8, 4) is 11.5 Å². The van der Waals surface area contributed by atoms with E-state index in [2.05, 4.69) is 0 Å². The van der Waals surface area contributed by atoms with Crippen LogP contribution in [0.5, 0.6) is 11.5 Å². The molecule has 0 aliphatic carbocycles. The minimum absolute atomic E-state index is 0.0729. The summed E-state index contributed by atoms with van der Waals surface area (Å²) >= 11 is 5.68. The third kappa shape index (κ3) is 2.74. The number of benzene rings is 2. The van der Waals surface area contributed by atoms with Crippen molar-refractivity contribution in [3.63, 3.8) is 0 Å². The van der Waals surface area contributed by atoms with Gasteiger partial charge in [-0.1, -0.05) is 23.7 Å². The summed E-state index contributed by atoms with van der Waals surface area (Å²) < 4.78 is 18.5. The summed E-state index contributed by atoms with van der Waals surface area (Å²) in [4.78, 5) is 0. The fraction of sp³-hybridized carbons (Fsp3) is 0.143. The van der Waals surface area contributed by atoms with E-state index >= 15 is 0 Å². The lowest BCUT2D eigenvalue weighted by Crippen LogP contribution is -1.97. The summed E-state index contributed by atoms with van der Waals surface area (Å²) in [6, 6.07) is 9.50. The summed E-state index contributed by atoms with van der Waals surface area (Å²) in [5.41, 5.74) is 1.44. The third-order valence-electron chi connectivity index (χ3n) is 2.63. The monoisotopic (exact) mass is 266 g/mol. The van der Waals surface area contributed by atoms with Gasteiger partial charge in [0.2, 0.25) is 0 Å². The molecule has 0 aliphatic heterocycles. The molecule has 0 saturated heterocycles. The van der Waals surface area contributed by atoms with Crippen LogP contribution in [-0.2, 0) is 6.61 Å². The molecule has 0 spiro atoms. The number of aromatic hydroxyl groups is 1. The minimum Gasteiger partial charge on any atom is -0.508 e. The van der Waals surface area contributed by atoms with Crippen LogP contribution in [0.3, 0.4) is 0 Å². The highest BCUT2D eigenvalue weighted by molar-refractivity contribution is 6.30. The van der Waals surface area contributed by atoms with Crippen LogP contribution < -0.4 is 4.74 Å². The van der Waals surface area contributed by atoms with E-state index in [0.717, 1.165) is 5.56 Å². The molecule has 2 aromatic rings. The van der Waals surface area contributed by atoms with Gasteiger partial charge < -0.3 is 9.84 Å². The zero-order valence-corrected chi connectivity index (χ0v) is 10.5. The van der Waals surface area contributed by atoms with Crippen LogP contribution in [0.1, 0.15) is 11.1 Å². The maximum Gasteiger partial charge on any atom is 0.141 e. The first kappa shape index (κ1) is 12.7. The van der Waals surface area contributed by atoms with E-state index in [0.29, 0.717) is 11.3 Å². The van der Waals surface area contributed by atoms with E-state index in [-0.39, 0.29) is 17.4 Å². The summed E-state index contributed by atoms with van der Waals surface area (Å²) in [5.74, 6) is 0.328. The molecule has 0 aliphatic rings. The fourth-order valence-corrected chi connectivity index (χ4v) is 1.75. The number of phenols is 1. The first-order valence-corrected chi connectivity index (χ1v) is 5.81. The van der Waals surface area contributed by atoms with Gasteiger partial charge in [0.1, 0.15) is 23.9 Å². The van der Waals surface area contributed by atoms with Crippen molar-refractivity contribution < 1.29 is 14.2 Å². The van der Waals surface area contributed by atoms with Gasteiger partial charge in [-0.3, -0.25) is 0 Å². The SMILES string of the molecule is Cc1c(O)cccc1OCc1ccc(F)c(Cl)c1. The predicted octanol–water partition coefficient (Wildman–Crippen LogP) is 4.07. The normalized spacial score (nSPS) is 10.4. The second kappa shape index (κ2) is 5.27. The van der Waals surface area contributed by atoms with Crippen molar-refractivity contribution in [1.82, 2.24) is 0 Å². The molecule has 94 valence electrons. The highest BCUT2D eigenvalue weighted by Crippen LogP contribution is 2.27. The van der Waals surface area contributed by atoms with E-state index in [1.165, 1.54) is 12.1 Å². The average Bonchev–Trinajstić information content (AvgIpc) is 2.35. The van der Waals surface area contributed by atoms with Crippen molar-refractivity contribution in [1.29, 1.82) is 0 Å². The topological polar surface area (TPSA) is 29.5 Å². The quantitative estimate of drug-likeness (QED) is 0.907. The molecule has 18 heavy (non-hydrogen) atoms. The van der Waals surface area contributed by atoms with Gasteiger partial charge in [0.15, 0.2) is 0 Å². The van der Waals surface area contributed by atoms with Crippen LogP contribution in [0.4, 0.5) is 4.39 Å². The predicted molar refractivity (Wildman–Crippen MR) is 68.6 cm³/mol. The molecule has 0 heterocycles. The van der Waals surface area contributed by atoms with E-state index in [1.807, 2.05) is 0 Å². The maximum atomic E-state index is 13.0. The van der Waals surface area contributed by atoms with Crippen LogP contribution in [-0.4, -0.2) is 5.11 Å². The summed E-state index contributed by atoms with van der Waals surface area (Å²) in [6.07, 6.45) is 0. The van der Waals surface area contributed by atoms with Gasteiger partial charge >= 0.3 is 0 Å². The second-order valence-corrected chi connectivity index (χ2v) is 4.34. The first-order valence-electron chi connectivity index (χ1n) is 5.43. The molecular formula is C14H12ClFO2. The van der Waals surface area contributed by atoms with E-state index in [9.17, 15) is 9.50 Å². The van der Waals surface area contributed by atoms with Crippen LogP contribution in [0.25, 0.3) is 0 Å². The van der Waals surface area contributed by atoms with E-state index < -0.39 is 5.82 Å². The zero-order valence-electron chi connectivity index (χ0n) is 9.78. The number of halogens is 2. The molecule has 0 amide bonds. The number of hydrogen-bond acceptors (Lipinski definition) is 2. The number of hydrogen-bond donors (Lipinski definition) is 1. The Balaban J connectivity index is 2.11. The molecule has 2 nitrogen and oxygen atoms in total. The molecule has 2 rings (SSSR count). The molecular weight excluding hydrogens is 255 g/mol. The van der Waals surface area contributed by atoms with E-state index in [1.54, 1.807) is 31.2 Å². The Morgan fingerprint density at radius 1 is 1.28 bits per heavy atom. The maximum absolute atomic E-state index is 13.0. The van der Waals surface area contributed by atoms with Crippen molar-refractivity contribution >= 4 is 11.6 Å². The minimum atomic E-state index is -0.450. The van der Waals surface area contributed by atoms with Crippen molar-refractivity contribution in [2.45, 2.75) is 13.5 Å². The Kier molecular flexibility index (Phi) is 3.72. The van der Waals surface area contributed by atoms with Gasteiger partial charge in [-0.25, -0.2) is 4.39 Å². The first-order chi connectivity index (χ1) is 8.58. The molecule has 0 saturated carbocycles. The molecule has 0 atom stereocenters. The fourth-order valence-electron chi connectivity index (χ4n) is 1.55. The lowest BCUT2D eigenvalue weighted by Gasteiger charge is -2.10. The van der Waals surface area contributed by atoms with Gasteiger partial charge in [-0.2, -0.15) is 0 Å². The Morgan fingerprint density at radius 3 is 2.78 bits per heavy atom. The average molecular weight is 267 g/mol. The Hall–Kier alpha value is -1.74. The van der Waals surface area contributed by atoms with Crippen LogP contribution in [0.15, 0.2) is 36.4 Å². The smallest absolute Gasteiger partial charge is 0.141 e. The van der Waals surface area contributed by atoms with Crippen LogP contribution >= 0.6 is 11.6 Å². The Labute approximate surface area is 110 Å². The highest BCUT2D eigenvalue weighted by Gasteiger charge is 2.05. The standard InChI is InChI=1S/C14H12ClFO2/c1-9-13(17)3-2-4-14(9)18-8-10-5-6-12(16)11(15)7-10/h2-7,17H,8H2,1H3. The van der Waals surface area contributed by atoms with Gasteiger partial charge in [0.25, 0.3) is 0 Å². The zero-order chi connectivity index (χ0) is 13.1. The summed E-state index contributed by atoms with van der Waals surface area (Å²) in [6.45, 7) is 2.03. The molecule has 0 unspecified atom stereocenters. The molecule has 1 N–H and O–H groups in total. The van der Waals surface area contributed by atoms with Gasteiger partial charge in [0.05, 0.1) is 5.02 Å². The highest BCUT2D eigenvalue weighted by atomic mass is 35.5. The lowest BCUT2D eigenvalue weighted by atomic mass is 10.2. The van der Waals surface area contributed by atoms with Gasteiger partial charge in [0, 0.05) is 5.56 Å². The molecule has 0 aromatic heterocycles. The van der Waals surface area contributed by atoms with Gasteiger partial charge in [-0.05, 0) is 36.8 Å². The largest absolute Gasteiger partial charge is 0.508 e. The Bertz CT molecular complexity index is 570. The number of rotatable bonds is 3. The summed E-state index contributed by atoms with van der Waals surface area (Å²) in [7, 11) is 0. The van der Waals surface area contributed by atoms with Crippen molar-refractivity contribution in [3.05, 3.63) is 58.4 Å². The molecule has 2 aromatic carbocycles. The van der Waals surface area contributed by atoms with Crippen LogP contribution in [0.2, 0.25) is 5.02 Å². The Morgan fingerprint density at radius 2 is 2.06 bits per heavy atom. The molecule has 0 bridgehead atoms. The molecule has 0 fully saturated rings. The number of ether oxygens (including phenoxy) is 1.